The minimum atomic E-state index is -3.71. The molecule has 0 aliphatic carbocycles. The van der Waals surface area contributed by atoms with Crippen LogP contribution in [0.15, 0.2) is 12.1 Å². The predicted molar refractivity (Wildman–Crippen MR) is 59.8 cm³/mol. The van der Waals surface area contributed by atoms with Crippen molar-refractivity contribution in [1.29, 1.82) is 0 Å². The van der Waals surface area contributed by atoms with Crippen LogP contribution in [0.3, 0.4) is 0 Å². The second-order valence-electron chi connectivity index (χ2n) is 3.29. The van der Waals surface area contributed by atoms with E-state index in [4.69, 9.17) is 11.6 Å². The van der Waals surface area contributed by atoms with Crippen LogP contribution in [0.25, 0.3) is 0 Å². The maximum atomic E-state index is 13.0. The number of benzene rings is 1. The molecule has 1 aromatic rings. The van der Waals surface area contributed by atoms with E-state index in [2.05, 4.69) is 0 Å². The number of carbonyl (C=O) groups is 1. The molecule has 0 bridgehead atoms. The molecule has 0 atom stereocenters. The first-order valence-corrected chi connectivity index (χ1v) is 6.50. The number of halogens is 3. The van der Waals surface area contributed by atoms with Crippen LogP contribution in [0.2, 0.25) is 0 Å². The van der Waals surface area contributed by atoms with Crippen molar-refractivity contribution in [2.75, 3.05) is 17.6 Å². The van der Waals surface area contributed by atoms with Crippen molar-refractivity contribution in [2.24, 2.45) is 0 Å². The van der Waals surface area contributed by atoms with Gasteiger partial charge in [0.15, 0.2) is 11.6 Å². The predicted octanol–water partition coefficient (Wildman–Crippen LogP) is 1.74. The molecule has 0 saturated heterocycles. The number of hydrogen-bond donors (Lipinski definition) is 0. The Morgan fingerprint density at radius 3 is 2.18 bits per heavy atom. The van der Waals surface area contributed by atoms with Gasteiger partial charge in [-0.3, -0.25) is 9.10 Å². The van der Waals surface area contributed by atoms with Crippen molar-refractivity contribution in [3.63, 3.8) is 0 Å². The third-order valence-electron chi connectivity index (χ3n) is 2.09. The molecule has 0 aromatic heterocycles. The molecule has 1 rings (SSSR count). The number of carbonyl (C=O) groups excluding carboxylic acids is 1. The number of nitrogens with zero attached hydrogens (tertiary/aromatic N) is 1. The van der Waals surface area contributed by atoms with Gasteiger partial charge in [0.1, 0.15) is 0 Å². The summed E-state index contributed by atoms with van der Waals surface area (Å²) in [5.41, 5.74) is -0.732. The van der Waals surface area contributed by atoms with Crippen LogP contribution in [-0.2, 0) is 10.0 Å². The van der Waals surface area contributed by atoms with Crippen LogP contribution >= 0.6 is 11.6 Å². The molecule has 1 aromatic carbocycles. The summed E-state index contributed by atoms with van der Waals surface area (Å²) in [6, 6.07) is 1.16. The fourth-order valence-electron chi connectivity index (χ4n) is 1.13. The van der Waals surface area contributed by atoms with Crippen LogP contribution < -0.4 is 4.31 Å². The Balaban J connectivity index is 3.52. The van der Waals surface area contributed by atoms with E-state index in [1.807, 2.05) is 0 Å². The van der Waals surface area contributed by atoms with Gasteiger partial charge < -0.3 is 0 Å². The van der Waals surface area contributed by atoms with Crippen molar-refractivity contribution in [1.82, 2.24) is 0 Å². The van der Waals surface area contributed by atoms with Gasteiger partial charge in [0.25, 0.3) is 5.24 Å². The Morgan fingerprint density at radius 2 is 1.76 bits per heavy atom. The third kappa shape index (κ3) is 2.92. The zero-order valence-electron chi connectivity index (χ0n) is 8.87. The number of hydrogen-bond acceptors (Lipinski definition) is 3. The smallest absolute Gasteiger partial charge is 0.254 e. The van der Waals surface area contributed by atoms with Crippen LogP contribution in [0.4, 0.5) is 14.5 Å². The standard InChI is InChI=1S/C9H8ClF2NO3S/c1-13(17(2,15)16)8-4-7(12)6(11)3-5(8)9(10)14/h3-4H,1-2H3. The minimum absolute atomic E-state index is 0.314. The molecule has 17 heavy (non-hydrogen) atoms. The topological polar surface area (TPSA) is 54.5 Å². The van der Waals surface area contributed by atoms with Crippen LogP contribution in [-0.4, -0.2) is 27.0 Å². The number of rotatable bonds is 3. The highest BCUT2D eigenvalue weighted by molar-refractivity contribution is 7.92. The summed E-state index contributed by atoms with van der Waals surface area (Å²) in [6.45, 7) is 0. The van der Waals surface area contributed by atoms with Gasteiger partial charge in [0.2, 0.25) is 10.0 Å². The monoisotopic (exact) mass is 283 g/mol. The molecule has 4 nitrogen and oxygen atoms in total. The Labute approximate surface area is 102 Å². The van der Waals surface area contributed by atoms with Gasteiger partial charge in [0, 0.05) is 13.1 Å². The molecule has 0 unspecified atom stereocenters. The first-order chi connectivity index (χ1) is 7.64. The molecule has 0 heterocycles. The Morgan fingerprint density at radius 1 is 1.29 bits per heavy atom. The van der Waals surface area contributed by atoms with Crippen molar-refractivity contribution in [3.05, 3.63) is 29.3 Å². The van der Waals surface area contributed by atoms with Crippen molar-refractivity contribution in [3.8, 4) is 0 Å². The maximum absolute atomic E-state index is 13.0. The summed E-state index contributed by atoms with van der Waals surface area (Å²) in [7, 11) is -2.61. The van der Waals surface area contributed by atoms with E-state index in [1.165, 1.54) is 0 Å². The molecule has 0 radical (unpaired) electrons. The van der Waals surface area contributed by atoms with E-state index >= 15 is 0 Å². The molecular formula is C9H8ClF2NO3S. The molecule has 0 saturated carbocycles. The Kier molecular flexibility index (Phi) is 3.73. The van der Waals surface area contributed by atoms with Crippen LogP contribution in [0.5, 0.6) is 0 Å². The van der Waals surface area contributed by atoms with E-state index in [1.54, 1.807) is 0 Å². The summed E-state index contributed by atoms with van der Waals surface area (Å²) < 4.78 is 49.1. The molecule has 0 aliphatic rings. The minimum Gasteiger partial charge on any atom is -0.276 e. The molecule has 0 N–H and O–H groups in total. The average molecular weight is 284 g/mol. The second kappa shape index (κ2) is 4.58. The van der Waals surface area contributed by atoms with Gasteiger partial charge in [0.05, 0.1) is 17.5 Å². The maximum Gasteiger partial charge on any atom is 0.254 e. The van der Waals surface area contributed by atoms with Crippen molar-refractivity contribution < 1.29 is 22.0 Å². The summed E-state index contributed by atoms with van der Waals surface area (Å²) in [6.07, 6.45) is 0.858. The Hall–Kier alpha value is -1.21. The van der Waals surface area contributed by atoms with Gasteiger partial charge in [-0.05, 0) is 17.7 Å². The largest absolute Gasteiger partial charge is 0.276 e. The average Bonchev–Trinajstić information content (AvgIpc) is 2.18. The fourth-order valence-corrected chi connectivity index (χ4v) is 1.79. The van der Waals surface area contributed by atoms with Crippen LogP contribution in [0, 0.1) is 11.6 Å². The highest BCUT2D eigenvalue weighted by atomic mass is 35.5. The molecule has 0 aliphatic heterocycles. The first kappa shape index (κ1) is 13.9. The Bertz CT molecular complexity index is 574. The van der Waals surface area contributed by atoms with Crippen LogP contribution in [0.1, 0.15) is 10.4 Å². The normalized spacial score (nSPS) is 11.4. The first-order valence-electron chi connectivity index (χ1n) is 4.27. The number of anilines is 1. The lowest BCUT2D eigenvalue weighted by Gasteiger charge is -2.19. The highest BCUT2D eigenvalue weighted by Crippen LogP contribution is 2.26. The summed E-state index contributed by atoms with van der Waals surface area (Å²) in [4.78, 5) is 11.0. The molecule has 0 spiro atoms. The van der Waals surface area contributed by atoms with Crippen molar-refractivity contribution in [2.45, 2.75) is 0 Å². The van der Waals surface area contributed by atoms with E-state index in [0.717, 1.165) is 13.3 Å². The van der Waals surface area contributed by atoms with Gasteiger partial charge >= 0.3 is 0 Å². The highest BCUT2D eigenvalue weighted by Gasteiger charge is 2.21. The number of sulfonamides is 1. The molecule has 8 heteroatoms. The zero-order valence-corrected chi connectivity index (χ0v) is 10.4. The van der Waals surface area contributed by atoms with E-state index in [-0.39, 0.29) is 5.69 Å². The van der Waals surface area contributed by atoms with E-state index in [9.17, 15) is 22.0 Å². The quantitative estimate of drug-likeness (QED) is 0.794. The second-order valence-corrected chi connectivity index (χ2v) is 5.64. The van der Waals surface area contributed by atoms with Gasteiger partial charge in [-0.2, -0.15) is 0 Å². The SMILES string of the molecule is CN(c1cc(F)c(F)cc1C(=O)Cl)S(C)(=O)=O. The van der Waals surface area contributed by atoms with Crippen molar-refractivity contribution >= 4 is 32.6 Å². The fraction of sp³-hybridized carbons (Fsp3) is 0.222. The summed E-state index contributed by atoms with van der Waals surface area (Å²) in [5.74, 6) is -2.54. The molecular weight excluding hydrogens is 276 g/mol. The molecule has 94 valence electrons. The zero-order chi connectivity index (χ0) is 13.4. The van der Waals surface area contributed by atoms with Gasteiger partial charge in [-0.1, -0.05) is 0 Å². The summed E-state index contributed by atoms with van der Waals surface area (Å²) >= 11 is 5.18. The van der Waals surface area contributed by atoms with E-state index < -0.39 is 32.5 Å². The lowest BCUT2D eigenvalue weighted by Crippen LogP contribution is -2.26. The summed E-state index contributed by atoms with van der Waals surface area (Å²) in [5, 5.41) is -1.07. The van der Waals surface area contributed by atoms with E-state index in [0.29, 0.717) is 16.4 Å². The van der Waals surface area contributed by atoms with Gasteiger partial charge in [-0.25, -0.2) is 17.2 Å². The molecule has 0 amide bonds. The molecule has 0 fully saturated rings. The third-order valence-corrected chi connectivity index (χ3v) is 3.48. The van der Waals surface area contributed by atoms with Gasteiger partial charge in [-0.15, -0.1) is 0 Å². The lowest BCUT2D eigenvalue weighted by atomic mass is 10.2. The lowest BCUT2D eigenvalue weighted by molar-refractivity contribution is 0.108.